The Labute approximate surface area is 215 Å². The lowest BCUT2D eigenvalue weighted by Gasteiger charge is -2.30. The summed E-state index contributed by atoms with van der Waals surface area (Å²) in [5, 5.41) is 9.43. The number of carbonyl (C=O) groups excluding carboxylic acids is 2. The number of esters is 1. The van der Waals surface area contributed by atoms with E-state index in [0.29, 0.717) is 5.56 Å². The molecule has 1 aliphatic rings. The smallest absolute Gasteiger partial charge is 0.475 e. The number of fused-ring (bicyclic) bond motifs is 1. The summed E-state index contributed by atoms with van der Waals surface area (Å²) in [4.78, 5) is 39.8. The van der Waals surface area contributed by atoms with Crippen molar-refractivity contribution in [3.05, 3.63) is 44.0 Å². The average molecular weight is 555 g/mol. The minimum Gasteiger partial charge on any atom is -0.475 e. The number of likely N-dealkylation sites (N-methyl/N-ethyl adjacent to an activating group) is 1. The van der Waals surface area contributed by atoms with Gasteiger partial charge in [0.1, 0.15) is 19.0 Å². The van der Waals surface area contributed by atoms with Crippen LogP contribution in [0.5, 0.6) is 5.75 Å². The normalized spacial score (nSPS) is 15.3. The fourth-order valence-electron chi connectivity index (χ4n) is 3.13. The molecule has 37 heavy (non-hydrogen) atoms. The van der Waals surface area contributed by atoms with Gasteiger partial charge < -0.3 is 28.7 Å². The quantitative estimate of drug-likeness (QED) is 0.180. The largest absolute Gasteiger partial charge is 0.511 e. The highest BCUT2D eigenvalue weighted by Gasteiger charge is 2.49. The lowest BCUT2D eigenvalue weighted by atomic mass is 9.85. The molecule has 0 aromatic heterocycles. The van der Waals surface area contributed by atoms with Crippen LogP contribution in [0.4, 0.5) is 18.0 Å². The molecule has 0 spiro atoms. The van der Waals surface area contributed by atoms with Crippen molar-refractivity contribution >= 4 is 29.8 Å². The number of halogens is 4. The molecule has 0 bridgehead atoms. The summed E-state index contributed by atoms with van der Waals surface area (Å²) in [5.41, 5.74) is -0.607. The minimum atomic E-state index is -4.94. The van der Waals surface area contributed by atoms with Crippen molar-refractivity contribution < 1.29 is 51.6 Å². The van der Waals surface area contributed by atoms with E-state index in [1.165, 1.54) is 12.1 Å². The van der Waals surface area contributed by atoms with Crippen LogP contribution in [-0.4, -0.2) is 74.5 Å². The van der Waals surface area contributed by atoms with Gasteiger partial charge in [-0.15, -0.1) is 10.1 Å². The summed E-state index contributed by atoms with van der Waals surface area (Å²) < 4.78 is 60.1. The van der Waals surface area contributed by atoms with Gasteiger partial charge in [0.15, 0.2) is 0 Å². The lowest BCUT2D eigenvalue weighted by molar-refractivity contribution is -0.757. The maximum absolute atomic E-state index is 13.7. The first-order valence-electron chi connectivity index (χ1n) is 10.8. The molecule has 2 rings (SSSR count). The topological polar surface area (TPSA) is 127 Å². The summed E-state index contributed by atoms with van der Waals surface area (Å²) in [7, 11) is 1.59. The van der Waals surface area contributed by atoms with Crippen molar-refractivity contribution in [1.82, 2.24) is 4.90 Å². The van der Waals surface area contributed by atoms with Crippen molar-refractivity contribution in [3.8, 4) is 5.75 Å². The molecule has 15 heteroatoms. The van der Waals surface area contributed by atoms with Gasteiger partial charge in [0, 0.05) is 23.7 Å². The van der Waals surface area contributed by atoms with Crippen molar-refractivity contribution in [2.75, 3.05) is 40.1 Å². The molecule has 0 radical (unpaired) electrons. The summed E-state index contributed by atoms with van der Waals surface area (Å²) >= 11 is 6.29. The highest BCUT2D eigenvalue weighted by atomic mass is 35.5. The molecule has 1 heterocycles. The van der Waals surface area contributed by atoms with E-state index in [4.69, 9.17) is 21.1 Å². The second-order valence-electron chi connectivity index (χ2n) is 8.91. The third-order valence-electron chi connectivity index (χ3n) is 5.01. The zero-order chi connectivity index (χ0) is 28.0. The number of hydrogen-bond donors (Lipinski definition) is 0. The van der Waals surface area contributed by atoms with Gasteiger partial charge in [-0.05, 0) is 36.2 Å². The zero-order valence-corrected chi connectivity index (χ0v) is 21.2. The Bertz CT molecular complexity index is 1040. The SMILES string of the molecule is CN(CCOC(=O)OCOC(=O)C1=Cc2cc(Cl)c(C(C)(C)C)cc2O[C@@H]1C(F)(F)F)CCO[N+](=O)[O-]. The Morgan fingerprint density at radius 2 is 1.78 bits per heavy atom. The molecule has 1 aromatic carbocycles. The summed E-state index contributed by atoms with van der Waals surface area (Å²) in [5.74, 6) is -1.51. The molecule has 1 aliphatic heterocycles. The van der Waals surface area contributed by atoms with E-state index in [2.05, 4.69) is 14.3 Å². The molecule has 0 N–H and O–H groups in total. The van der Waals surface area contributed by atoms with E-state index in [9.17, 15) is 32.9 Å². The molecule has 0 saturated heterocycles. The highest BCUT2D eigenvalue weighted by molar-refractivity contribution is 6.31. The van der Waals surface area contributed by atoms with Crippen LogP contribution in [0.25, 0.3) is 6.08 Å². The Morgan fingerprint density at radius 1 is 1.14 bits per heavy atom. The standard InChI is InChI=1S/C22H26ClF3N2O9/c1-21(2,3)15-11-17-13(10-16(15)23)9-14(18(37-17)22(24,25)26)19(29)34-12-35-20(30)33-7-5-27(4)6-8-36-28(31)32/h9-11,18H,5-8,12H2,1-4H3/t18-/m0/s1. The van der Waals surface area contributed by atoms with Crippen LogP contribution in [0.2, 0.25) is 5.02 Å². The fourth-order valence-corrected chi connectivity index (χ4v) is 3.58. The Hall–Kier alpha value is -3.26. The van der Waals surface area contributed by atoms with Crippen LogP contribution in [0.15, 0.2) is 17.7 Å². The van der Waals surface area contributed by atoms with E-state index in [1.54, 1.807) is 11.9 Å². The predicted octanol–water partition coefficient (Wildman–Crippen LogP) is 4.14. The van der Waals surface area contributed by atoms with E-state index < -0.39 is 47.3 Å². The predicted molar refractivity (Wildman–Crippen MR) is 122 cm³/mol. The summed E-state index contributed by atoms with van der Waals surface area (Å²) in [6.45, 7) is 4.49. The number of nitrogens with zero attached hydrogens (tertiary/aromatic N) is 2. The molecule has 1 aromatic rings. The molecule has 0 fully saturated rings. The van der Waals surface area contributed by atoms with Crippen LogP contribution in [0.3, 0.4) is 0 Å². The van der Waals surface area contributed by atoms with E-state index in [-0.39, 0.29) is 42.6 Å². The van der Waals surface area contributed by atoms with Crippen LogP contribution in [-0.2, 0) is 29.3 Å². The molecule has 0 amide bonds. The van der Waals surface area contributed by atoms with Crippen molar-refractivity contribution in [3.63, 3.8) is 0 Å². The molecular formula is C22H26ClF3N2O9. The van der Waals surface area contributed by atoms with Gasteiger partial charge >= 0.3 is 18.3 Å². The monoisotopic (exact) mass is 554 g/mol. The van der Waals surface area contributed by atoms with Gasteiger partial charge in [0.05, 0.1) is 5.57 Å². The van der Waals surface area contributed by atoms with Gasteiger partial charge in [-0.2, -0.15) is 13.2 Å². The third kappa shape index (κ3) is 8.97. The molecule has 206 valence electrons. The van der Waals surface area contributed by atoms with Gasteiger partial charge in [-0.25, -0.2) is 9.59 Å². The minimum absolute atomic E-state index is 0.0945. The van der Waals surface area contributed by atoms with Crippen molar-refractivity contribution in [2.24, 2.45) is 0 Å². The Balaban J connectivity index is 1.96. The van der Waals surface area contributed by atoms with E-state index >= 15 is 0 Å². The van der Waals surface area contributed by atoms with E-state index in [1.807, 2.05) is 20.8 Å². The number of hydrogen-bond acceptors (Lipinski definition) is 10. The number of carbonyl (C=O) groups is 2. The summed E-state index contributed by atoms with van der Waals surface area (Å²) in [6.07, 6.45) is -7.83. The second kappa shape index (κ2) is 12.3. The zero-order valence-electron chi connectivity index (χ0n) is 20.4. The second-order valence-corrected chi connectivity index (χ2v) is 9.32. The highest BCUT2D eigenvalue weighted by Crippen LogP contribution is 2.42. The molecule has 0 unspecified atom stereocenters. The molecule has 11 nitrogen and oxygen atoms in total. The number of alkyl halides is 3. The average Bonchev–Trinajstić information content (AvgIpc) is 2.76. The molecular weight excluding hydrogens is 529 g/mol. The number of benzene rings is 1. The van der Waals surface area contributed by atoms with Gasteiger partial charge in [-0.1, -0.05) is 32.4 Å². The molecule has 0 saturated carbocycles. The Morgan fingerprint density at radius 3 is 2.38 bits per heavy atom. The first kappa shape index (κ1) is 30.0. The molecule has 0 aliphatic carbocycles. The van der Waals surface area contributed by atoms with Crippen molar-refractivity contribution in [1.29, 1.82) is 0 Å². The maximum Gasteiger partial charge on any atom is 0.511 e. The number of rotatable bonds is 10. The Kier molecular flexibility index (Phi) is 9.98. The van der Waals surface area contributed by atoms with Gasteiger partial charge in [-0.3, -0.25) is 0 Å². The van der Waals surface area contributed by atoms with Gasteiger partial charge in [0.2, 0.25) is 12.9 Å². The van der Waals surface area contributed by atoms with Crippen LogP contribution in [0.1, 0.15) is 31.9 Å². The maximum atomic E-state index is 13.7. The first-order chi connectivity index (χ1) is 17.1. The summed E-state index contributed by atoms with van der Waals surface area (Å²) in [6, 6.07) is 2.80. The fraction of sp³-hybridized carbons (Fsp3) is 0.545. The third-order valence-corrected chi connectivity index (χ3v) is 5.32. The first-order valence-corrected chi connectivity index (χ1v) is 11.2. The van der Waals surface area contributed by atoms with Crippen molar-refractivity contribution in [2.45, 2.75) is 38.5 Å². The van der Waals surface area contributed by atoms with Crippen LogP contribution < -0.4 is 4.74 Å². The van der Waals surface area contributed by atoms with Gasteiger partial charge in [0.25, 0.3) is 5.09 Å². The lowest BCUT2D eigenvalue weighted by Crippen LogP contribution is -2.41. The van der Waals surface area contributed by atoms with E-state index in [0.717, 1.165) is 6.08 Å². The molecule has 1 atom stereocenters. The van der Waals surface area contributed by atoms with Crippen LogP contribution >= 0.6 is 11.6 Å². The van der Waals surface area contributed by atoms with Crippen LogP contribution in [0, 0.1) is 10.1 Å². The number of ether oxygens (including phenoxy) is 4.